The van der Waals surface area contributed by atoms with E-state index in [9.17, 15) is 13.2 Å². The number of nitrogens with one attached hydrogen (secondary N) is 1. The monoisotopic (exact) mass is 449 g/mol. The number of fused-ring (bicyclic) bond motifs is 3. The molecule has 0 spiro atoms. The zero-order valence-electron chi connectivity index (χ0n) is 18.4. The molecule has 0 radical (unpaired) electrons. The molecule has 1 heterocycles. The Hall–Kier alpha value is -3.00. The first-order valence-corrected chi connectivity index (χ1v) is 11.9. The molecule has 7 heteroatoms. The second kappa shape index (κ2) is 8.86. The van der Waals surface area contributed by atoms with E-state index in [1.54, 1.807) is 12.1 Å². The molecule has 1 aliphatic heterocycles. The Labute approximate surface area is 189 Å². The summed E-state index contributed by atoms with van der Waals surface area (Å²) in [6, 6.07) is 22.5. The quantitative estimate of drug-likeness (QED) is 0.640. The van der Waals surface area contributed by atoms with Crippen LogP contribution in [0.1, 0.15) is 18.1 Å². The molecule has 0 saturated carbocycles. The van der Waals surface area contributed by atoms with Crippen molar-refractivity contribution in [2.24, 2.45) is 0 Å². The molecular weight excluding hydrogens is 422 g/mol. The number of hydrogen-bond acceptors (Lipinski definition) is 4. The molecule has 166 valence electrons. The summed E-state index contributed by atoms with van der Waals surface area (Å²) in [4.78, 5) is 15.4. The summed E-state index contributed by atoms with van der Waals surface area (Å²) < 4.78 is 26.0. The van der Waals surface area contributed by atoms with Gasteiger partial charge in [0.05, 0.1) is 10.9 Å². The standard InChI is InChI=1S/C25H27N3O3S/c1-18(25(29)26-21-11-8-12-22(15-21)32(30,31)27(2)3)28-16-19-9-4-6-13-23(19)24-14-7-5-10-20(24)17-28/h4-15,18H,16-17H2,1-3H3,(H,26,29). The lowest BCUT2D eigenvalue weighted by Gasteiger charge is -2.27. The van der Waals surface area contributed by atoms with Gasteiger partial charge in [0.15, 0.2) is 0 Å². The highest BCUT2D eigenvalue weighted by Crippen LogP contribution is 2.33. The maximum Gasteiger partial charge on any atom is 0.242 e. The average Bonchev–Trinajstić information content (AvgIpc) is 2.95. The maximum atomic E-state index is 13.1. The van der Waals surface area contributed by atoms with E-state index in [0.29, 0.717) is 18.8 Å². The topological polar surface area (TPSA) is 69.7 Å². The van der Waals surface area contributed by atoms with Gasteiger partial charge in [0.25, 0.3) is 0 Å². The summed E-state index contributed by atoms with van der Waals surface area (Å²) in [7, 11) is -0.608. The van der Waals surface area contributed by atoms with Gasteiger partial charge in [-0.15, -0.1) is 0 Å². The van der Waals surface area contributed by atoms with Crippen molar-refractivity contribution in [1.29, 1.82) is 0 Å². The van der Waals surface area contributed by atoms with E-state index >= 15 is 0 Å². The summed E-state index contributed by atoms with van der Waals surface area (Å²) in [6.07, 6.45) is 0. The fraction of sp³-hybridized carbons (Fsp3) is 0.240. The van der Waals surface area contributed by atoms with Gasteiger partial charge in [-0.05, 0) is 47.4 Å². The predicted molar refractivity (Wildman–Crippen MR) is 127 cm³/mol. The lowest BCUT2D eigenvalue weighted by atomic mass is 9.97. The normalized spacial score (nSPS) is 14.9. The highest BCUT2D eigenvalue weighted by Gasteiger charge is 2.27. The van der Waals surface area contributed by atoms with Crippen LogP contribution >= 0.6 is 0 Å². The molecule has 1 amide bonds. The molecule has 1 unspecified atom stereocenters. The molecule has 1 aliphatic rings. The Kier molecular flexibility index (Phi) is 6.15. The van der Waals surface area contributed by atoms with Gasteiger partial charge in [0.1, 0.15) is 0 Å². The fourth-order valence-electron chi connectivity index (χ4n) is 3.97. The first-order valence-electron chi connectivity index (χ1n) is 10.5. The molecule has 1 atom stereocenters. The third-order valence-electron chi connectivity index (χ3n) is 5.88. The minimum Gasteiger partial charge on any atom is -0.325 e. The lowest BCUT2D eigenvalue weighted by Crippen LogP contribution is -2.41. The summed E-state index contributed by atoms with van der Waals surface area (Å²) in [5, 5.41) is 2.90. The van der Waals surface area contributed by atoms with E-state index < -0.39 is 16.1 Å². The van der Waals surface area contributed by atoms with Crippen molar-refractivity contribution < 1.29 is 13.2 Å². The molecule has 6 nitrogen and oxygen atoms in total. The van der Waals surface area contributed by atoms with Crippen molar-refractivity contribution in [3.8, 4) is 11.1 Å². The second-order valence-corrected chi connectivity index (χ2v) is 10.4. The number of nitrogens with zero attached hydrogens (tertiary/aromatic N) is 2. The van der Waals surface area contributed by atoms with Gasteiger partial charge in [-0.3, -0.25) is 9.69 Å². The van der Waals surface area contributed by atoms with Gasteiger partial charge >= 0.3 is 0 Å². The Balaban J connectivity index is 1.58. The number of carbonyl (C=O) groups is 1. The third kappa shape index (κ3) is 4.32. The Morgan fingerprint density at radius 3 is 2.03 bits per heavy atom. The highest BCUT2D eigenvalue weighted by atomic mass is 32.2. The molecule has 32 heavy (non-hydrogen) atoms. The van der Waals surface area contributed by atoms with Crippen molar-refractivity contribution in [3.63, 3.8) is 0 Å². The molecule has 0 aliphatic carbocycles. The van der Waals surface area contributed by atoms with Crippen molar-refractivity contribution in [2.75, 3.05) is 19.4 Å². The van der Waals surface area contributed by atoms with Crippen molar-refractivity contribution in [3.05, 3.63) is 83.9 Å². The van der Waals surface area contributed by atoms with Gasteiger partial charge in [-0.1, -0.05) is 54.6 Å². The number of amides is 1. The van der Waals surface area contributed by atoms with Gasteiger partial charge in [-0.25, -0.2) is 12.7 Å². The SMILES string of the molecule is CC(C(=O)Nc1cccc(S(=O)(=O)N(C)C)c1)N1Cc2ccccc2-c2ccccc2C1. The zero-order valence-corrected chi connectivity index (χ0v) is 19.3. The molecule has 0 saturated heterocycles. The number of benzene rings is 3. The minimum atomic E-state index is -3.58. The van der Waals surface area contributed by atoms with Crippen LogP contribution in [0, 0.1) is 0 Å². The average molecular weight is 450 g/mol. The molecule has 1 N–H and O–H groups in total. The van der Waals surface area contributed by atoms with Gasteiger partial charge in [0.2, 0.25) is 15.9 Å². The third-order valence-corrected chi connectivity index (χ3v) is 7.69. The summed E-state index contributed by atoms with van der Waals surface area (Å²) in [5.41, 5.74) is 5.20. The molecule has 0 aromatic heterocycles. The van der Waals surface area contributed by atoms with Crippen LogP contribution in [0.3, 0.4) is 0 Å². The Morgan fingerprint density at radius 1 is 0.906 bits per heavy atom. The molecule has 4 rings (SSSR count). The largest absolute Gasteiger partial charge is 0.325 e. The number of anilines is 1. The van der Waals surface area contributed by atoms with E-state index in [0.717, 1.165) is 4.31 Å². The van der Waals surface area contributed by atoms with Crippen LogP contribution in [-0.2, 0) is 27.9 Å². The van der Waals surface area contributed by atoms with E-state index in [4.69, 9.17) is 0 Å². The van der Waals surface area contributed by atoms with Crippen LogP contribution < -0.4 is 5.32 Å². The van der Waals surface area contributed by atoms with Crippen molar-refractivity contribution >= 4 is 21.6 Å². The number of sulfonamides is 1. The Bertz CT molecular complexity index is 1210. The number of rotatable bonds is 5. The molecule has 0 fully saturated rings. The second-order valence-electron chi connectivity index (χ2n) is 8.20. The molecule has 3 aromatic rings. The molecule has 3 aromatic carbocycles. The van der Waals surface area contributed by atoms with Gasteiger partial charge in [0, 0.05) is 32.9 Å². The van der Waals surface area contributed by atoms with E-state index in [-0.39, 0.29) is 10.8 Å². The summed E-state index contributed by atoms with van der Waals surface area (Å²) in [6.45, 7) is 3.18. The first kappa shape index (κ1) is 22.2. The number of hydrogen-bond donors (Lipinski definition) is 1. The van der Waals surface area contributed by atoms with Crippen molar-refractivity contribution in [1.82, 2.24) is 9.21 Å². The van der Waals surface area contributed by atoms with E-state index in [1.165, 1.54) is 48.5 Å². The zero-order chi connectivity index (χ0) is 22.9. The first-order chi connectivity index (χ1) is 15.3. The van der Waals surface area contributed by atoms with Crippen LogP contribution in [0.25, 0.3) is 11.1 Å². The molecule has 0 bridgehead atoms. The van der Waals surface area contributed by atoms with Crippen LogP contribution in [0.15, 0.2) is 77.7 Å². The lowest BCUT2D eigenvalue weighted by molar-refractivity contribution is -0.121. The van der Waals surface area contributed by atoms with Gasteiger partial charge < -0.3 is 5.32 Å². The maximum absolute atomic E-state index is 13.1. The van der Waals surface area contributed by atoms with Crippen LogP contribution in [0.5, 0.6) is 0 Å². The molecular formula is C25H27N3O3S. The summed E-state index contributed by atoms with van der Waals surface area (Å²) >= 11 is 0. The van der Waals surface area contributed by atoms with Crippen LogP contribution in [0.4, 0.5) is 5.69 Å². The van der Waals surface area contributed by atoms with Crippen LogP contribution in [0.2, 0.25) is 0 Å². The van der Waals surface area contributed by atoms with Crippen LogP contribution in [-0.4, -0.2) is 43.7 Å². The van der Waals surface area contributed by atoms with E-state index in [1.807, 2.05) is 31.2 Å². The van der Waals surface area contributed by atoms with Crippen molar-refractivity contribution in [2.45, 2.75) is 31.0 Å². The fourth-order valence-corrected chi connectivity index (χ4v) is 4.91. The minimum absolute atomic E-state index is 0.144. The smallest absolute Gasteiger partial charge is 0.242 e. The van der Waals surface area contributed by atoms with E-state index in [2.05, 4.69) is 34.5 Å². The van der Waals surface area contributed by atoms with Gasteiger partial charge in [-0.2, -0.15) is 0 Å². The summed E-state index contributed by atoms with van der Waals surface area (Å²) in [5.74, 6) is -0.179. The Morgan fingerprint density at radius 2 is 1.47 bits per heavy atom. The highest BCUT2D eigenvalue weighted by molar-refractivity contribution is 7.89. The predicted octanol–water partition coefficient (Wildman–Crippen LogP) is 3.95. The number of carbonyl (C=O) groups excluding carboxylic acids is 1.